The van der Waals surface area contributed by atoms with E-state index in [9.17, 15) is 19.0 Å². The number of unbranched alkanes of at least 4 members (excludes halogenated alkanes) is 35. The zero-order chi connectivity index (χ0) is 52.9. The molecule has 0 aromatic carbocycles. The molecule has 0 rings (SSSR count). The van der Waals surface area contributed by atoms with Gasteiger partial charge in [0, 0.05) is 12.8 Å². The summed E-state index contributed by atoms with van der Waals surface area (Å²) >= 11 is 0. The maximum absolute atomic E-state index is 13.5. The van der Waals surface area contributed by atoms with Crippen molar-refractivity contribution in [1.82, 2.24) is 5.32 Å². The van der Waals surface area contributed by atoms with Crippen LogP contribution in [0.5, 0.6) is 0 Å². The summed E-state index contributed by atoms with van der Waals surface area (Å²) in [5, 5.41) is 3.03. The predicted octanol–water partition coefficient (Wildman–Crippen LogP) is 17.9. The molecular formula is C62H117N2O7P. The van der Waals surface area contributed by atoms with Gasteiger partial charge in [-0.15, -0.1) is 0 Å². The number of esters is 1. The molecule has 0 aliphatic rings. The number of nitrogens with zero attached hydrogens (tertiary/aromatic N) is 1. The van der Waals surface area contributed by atoms with Gasteiger partial charge in [0.05, 0.1) is 33.8 Å². The van der Waals surface area contributed by atoms with Crippen LogP contribution in [0.3, 0.4) is 0 Å². The fraction of sp³-hybridized carbons (Fsp3) is 0.839. The topological polar surface area (TPSA) is 114 Å². The Labute approximate surface area is 446 Å². The molecule has 3 unspecified atom stereocenters. The highest BCUT2D eigenvalue weighted by Gasteiger charge is 2.27. The van der Waals surface area contributed by atoms with E-state index in [4.69, 9.17) is 13.8 Å². The molecule has 0 aliphatic heterocycles. The maximum Gasteiger partial charge on any atom is 0.306 e. The van der Waals surface area contributed by atoms with Gasteiger partial charge < -0.3 is 28.5 Å². The van der Waals surface area contributed by atoms with Crippen LogP contribution < -0.4 is 10.2 Å². The number of quaternary nitrogens is 1. The molecule has 0 aliphatic carbocycles. The normalized spacial score (nSPS) is 14.0. The van der Waals surface area contributed by atoms with Crippen LogP contribution in [-0.2, 0) is 27.9 Å². The second-order valence-electron chi connectivity index (χ2n) is 21.9. The lowest BCUT2D eigenvalue weighted by Crippen LogP contribution is -2.47. The van der Waals surface area contributed by atoms with Crippen molar-refractivity contribution >= 4 is 19.7 Å². The molecule has 0 saturated carbocycles. The van der Waals surface area contributed by atoms with Gasteiger partial charge in [-0.2, -0.15) is 0 Å². The van der Waals surface area contributed by atoms with Crippen LogP contribution in [0.2, 0.25) is 0 Å². The molecule has 3 atom stereocenters. The van der Waals surface area contributed by atoms with Crippen molar-refractivity contribution in [3.05, 3.63) is 48.6 Å². The molecular weight excluding hydrogens is 916 g/mol. The van der Waals surface area contributed by atoms with Crippen molar-refractivity contribution < 1.29 is 37.3 Å². The number of allylic oxidation sites excluding steroid dienone is 7. The first-order valence-corrected chi connectivity index (χ1v) is 31.9. The summed E-state index contributed by atoms with van der Waals surface area (Å²) in [6.07, 6.45) is 63.6. The molecule has 0 radical (unpaired) electrons. The Kier molecular flexibility index (Phi) is 50.9. The average molecular weight is 1030 g/mol. The minimum absolute atomic E-state index is 0.0233. The minimum atomic E-state index is -4.70. The van der Waals surface area contributed by atoms with Gasteiger partial charge in [0.25, 0.3) is 7.82 Å². The number of ether oxygens (including phenoxy) is 1. The summed E-state index contributed by atoms with van der Waals surface area (Å²) in [6.45, 7) is 6.73. The van der Waals surface area contributed by atoms with Crippen molar-refractivity contribution in [2.45, 2.75) is 296 Å². The van der Waals surface area contributed by atoms with Crippen molar-refractivity contribution in [3.8, 4) is 0 Å². The molecule has 10 heteroatoms. The third kappa shape index (κ3) is 52.8. The molecule has 0 heterocycles. The molecule has 9 nitrogen and oxygen atoms in total. The van der Waals surface area contributed by atoms with E-state index >= 15 is 0 Å². The maximum atomic E-state index is 13.5. The van der Waals surface area contributed by atoms with Crippen molar-refractivity contribution in [3.63, 3.8) is 0 Å². The largest absolute Gasteiger partial charge is 0.756 e. The lowest BCUT2D eigenvalue weighted by Gasteiger charge is -2.30. The summed E-state index contributed by atoms with van der Waals surface area (Å²) < 4.78 is 30.3. The molecule has 1 amide bonds. The first kappa shape index (κ1) is 70.0. The van der Waals surface area contributed by atoms with Gasteiger partial charge >= 0.3 is 5.97 Å². The highest BCUT2D eigenvalue weighted by Crippen LogP contribution is 2.38. The summed E-state index contributed by atoms with van der Waals surface area (Å²) in [4.78, 5) is 39.9. The highest BCUT2D eigenvalue weighted by molar-refractivity contribution is 7.45. The summed E-state index contributed by atoms with van der Waals surface area (Å²) in [7, 11) is 1.18. The Morgan fingerprint density at radius 2 is 0.889 bits per heavy atom. The van der Waals surface area contributed by atoms with E-state index in [0.29, 0.717) is 17.4 Å². The van der Waals surface area contributed by atoms with Gasteiger partial charge in [-0.1, -0.05) is 269 Å². The Morgan fingerprint density at radius 3 is 1.32 bits per heavy atom. The summed E-state index contributed by atoms with van der Waals surface area (Å²) in [6, 6.07) is -0.890. The third-order valence-electron chi connectivity index (χ3n) is 13.6. The van der Waals surface area contributed by atoms with E-state index in [-0.39, 0.29) is 31.5 Å². The number of carbonyl (C=O) groups is 2. The molecule has 0 aromatic rings. The molecule has 0 spiro atoms. The van der Waals surface area contributed by atoms with Gasteiger partial charge in [-0.25, -0.2) is 0 Å². The number of hydrogen-bond acceptors (Lipinski definition) is 7. The molecule has 0 bridgehead atoms. The second kappa shape index (κ2) is 52.4. The van der Waals surface area contributed by atoms with Crippen LogP contribution in [0.25, 0.3) is 0 Å². The lowest BCUT2D eigenvalue weighted by atomic mass is 10.0. The van der Waals surface area contributed by atoms with E-state index in [1.165, 1.54) is 173 Å². The van der Waals surface area contributed by atoms with Gasteiger partial charge in [-0.05, 0) is 51.0 Å². The highest BCUT2D eigenvalue weighted by atomic mass is 31.2. The monoisotopic (exact) mass is 1030 g/mol. The number of rotatable bonds is 55. The first-order valence-electron chi connectivity index (χ1n) is 30.5. The van der Waals surface area contributed by atoms with Crippen LogP contribution in [0.1, 0.15) is 284 Å². The summed E-state index contributed by atoms with van der Waals surface area (Å²) in [5.41, 5.74) is 0. The standard InChI is InChI=1S/C62H117N2O7P/c1-7-10-13-16-19-22-25-28-30-31-32-33-35-36-39-42-45-48-51-54-61(65)63-59(58-70-72(67,68)69-57-56-64(4,5)6)60(53-50-47-44-41-38-27-24-21-18-15-12-9-3)71-62(66)55-52-49-46-43-40-37-34-29-26-23-20-17-14-11-8-2/h11,14,17,20,23,26,50,53,59-60H,7-10,12-13,15-16,18-19,21-22,24-25,27-49,51-52,54-58H2,1-6H3,(H-,63,65,67,68)/b14-11+,20-17+,26-23+,53-50+. The zero-order valence-electron chi connectivity index (χ0n) is 48.1. The number of hydrogen-bond donors (Lipinski definition) is 1. The van der Waals surface area contributed by atoms with Crippen molar-refractivity contribution in [2.75, 3.05) is 40.9 Å². The van der Waals surface area contributed by atoms with E-state index < -0.39 is 20.0 Å². The van der Waals surface area contributed by atoms with E-state index in [1.54, 1.807) is 0 Å². The van der Waals surface area contributed by atoms with Gasteiger partial charge in [0.1, 0.15) is 19.3 Å². The number of amides is 1. The van der Waals surface area contributed by atoms with Crippen LogP contribution in [-0.4, -0.2) is 69.4 Å². The van der Waals surface area contributed by atoms with Crippen LogP contribution in [0.4, 0.5) is 0 Å². The van der Waals surface area contributed by atoms with Gasteiger partial charge in [0.15, 0.2) is 0 Å². The molecule has 1 N–H and O–H groups in total. The Morgan fingerprint density at radius 1 is 0.500 bits per heavy atom. The van der Waals surface area contributed by atoms with Crippen LogP contribution in [0.15, 0.2) is 48.6 Å². The second-order valence-corrected chi connectivity index (χ2v) is 23.3. The molecule has 0 aromatic heterocycles. The van der Waals surface area contributed by atoms with Gasteiger partial charge in [0.2, 0.25) is 5.91 Å². The number of nitrogens with one attached hydrogen (secondary N) is 1. The van der Waals surface area contributed by atoms with E-state index in [1.807, 2.05) is 33.3 Å². The zero-order valence-corrected chi connectivity index (χ0v) is 49.0. The predicted molar refractivity (Wildman–Crippen MR) is 307 cm³/mol. The summed E-state index contributed by atoms with van der Waals surface area (Å²) in [5.74, 6) is -0.545. The Hall–Kier alpha value is -2.03. The first-order chi connectivity index (χ1) is 34.9. The average Bonchev–Trinajstić information content (AvgIpc) is 3.34. The number of likely N-dealkylation sites (N-methyl/N-ethyl adjacent to an activating group) is 1. The van der Waals surface area contributed by atoms with E-state index in [0.717, 1.165) is 77.0 Å². The molecule has 422 valence electrons. The number of carbonyl (C=O) groups excluding carboxylic acids is 2. The van der Waals surface area contributed by atoms with Crippen LogP contribution >= 0.6 is 7.82 Å². The molecule has 0 saturated heterocycles. The van der Waals surface area contributed by atoms with Crippen LogP contribution in [0, 0.1) is 0 Å². The molecule has 72 heavy (non-hydrogen) atoms. The van der Waals surface area contributed by atoms with Crippen molar-refractivity contribution in [2.24, 2.45) is 0 Å². The lowest BCUT2D eigenvalue weighted by molar-refractivity contribution is -0.870. The number of phosphoric acid groups is 1. The molecule has 0 fully saturated rings. The minimum Gasteiger partial charge on any atom is -0.756 e. The van der Waals surface area contributed by atoms with Gasteiger partial charge in [-0.3, -0.25) is 14.2 Å². The number of phosphoric ester groups is 1. The Balaban J connectivity index is 5.25. The quantitative estimate of drug-likeness (QED) is 0.0161. The van der Waals surface area contributed by atoms with Crippen molar-refractivity contribution in [1.29, 1.82) is 0 Å². The fourth-order valence-electron chi connectivity index (χ4n) is 8.88. The fourth-order valence-corrected chi connectivity index (χ4v) is 9.60. The smallest absolute Gasteiger partial charge is 0.306 e. The Bertz CT molecular complexity index is 1380. The SMILES string of the molecule is CC/C=C/C=C/C=C/CCCCCCCCCC(=O)OC(/C=C/CCCCCCCCCCCC)C(COP(=O)([O-])OCC[N+](C)(C)C)NC(=O)CCCCCCCCCCCCCCCCCCCCC. The third-order valence-corrected chi connectivity index (χ3v) is 14.5. The van der Waals surface area contributed by atoms with E-state index in [2.05, 4.69) is 62.5 Å².